The minimum absolute atomic E-state index is 0.310. The summed E-state index contributed by atoms with van der Waals surface area (Å²) in [6.07, 6.45) is 4.09. The number of phenolic OH excluding ortho intramolecular Hbond substituents is 1. The summed E-state index contributed by atoms with van der Waals surface area (Å²) in [6.45, 7) is 0. The molecule has 0 spiro atoms. The zero-order valence-corrected chi connectivity index (χ0v) is 11.0. The predicted molar refractivity (Wildman–Crippen MR) is 85.4 cm³/mol. The maximum atomic E-state index is 9.87. The quantitative estimate of drug-likeness (QED) is 0.533. The Morgan fingerprint density at radius 3 is 2.20 bits per heavy atom. The topological polar surface area (TPSA) is 46.2 Å². The third kappa shape index (κ3) is 2.36. The molecule has 0 fully saturated rings. The van der Waals surface area contributed by atoms with Crippen LogP contribution < -0.4 is 5.73 Å². The highest BCUT2D eigenvalue weighted by atomic mass is 16.3. The zero-order chi connectivity index (χ0) is 13.9. The van der Waals surface area contributed by atoms with Crippen LogP contribution in [0.4, 0.5) is 5.69 Å². The van der Waals surface area contributed by atoms with Gasteiger partial charge in [0.1, 0.15) is 5.75 Å². The smallest absolute Gasteiger partial charge is 0.123 e. The molecule has 0 aliphatic heterocycles. The third-order valence-corrected chi connectivity index (χ3v) is 3.33. The Bertz CT molecular complexity index is 773. The molecule has 0 aromatic heterocycles. The average Bonchev–Trinajstić information content (AvgIpc) is 2.49. The van der Waals surface area contributed by atoms with Gasteiger partial charge in [-0.2, -0.15) is 0 Å². The molecule has 98 valence electrons. The Morgan fingerprint density at radius 2 is 1.45 bits per heavy atom. The number of hydrogen-bond donors (Lipinski definition) is 2. The van der Waals surface area contributed by atoms with Crippen LogP contribution in [-0.2, 0) is 0 Å². The first-order valence-corrected chi connectivity index (χ1v) is 6.48. The molecule has 0 amide bonds. The van der Waals surface area contributed by atoms with Crippen molar-refractivity contribution < 1.29 is 5.11 Å². The summed E-state index contributed by atoms with van der Waals surface area (Å²) in [5, 5.41) is 11.8. The molecular formula is C18H15NO. The first-order valence-electron chi connectivity index (χ1n) is 6.48. The monoisotopic (exact) mass is 261 g/mol. The van der Waals surface area contributed by atoms with E-state index in [0.29, 0.717) is 5.75 Å². The van der Waals surface area contributed by atoms with Crippen molar-refractivity contribution in [3.05, 3.63) is 71.8 Å². The molecule has 2 heteroatoms. The highest BCUT2D eigenvalue weighted by molar-refractivity contribution is 5.96. The number of anilines is 1. The summed E-state index contributed by atoms with van der Waals surface area (Å²) >= 11 is 0. The number of aromatic hydroxyl groups is 1. The third-order valence-electron chi connectivity index (χ3n) is 3.33. The molecule has 0 bridgehead atoms. The van der Waals surface area contributed by atoms with Crippen LogP contribution in [0, 0.1) is 0 Å². The van der Waals surface area contributed by atoms with Crippen LogP contribution in [0.2, 0.25) is 0 Å². The summed E-state index contributed by atoms with van der Waals surface area (Å²) in [5.41, 5.74) is 8.61. The van der Waals surface area contributed by atoms with Gasteiger partial charge in [-0.25, -0.2) is 0 Å². The van der Waals surface area contributed by atoms with E-state index in [-0.39, 0.29) is 0 Å². The number of fused-ring (bicyclic) bond motifs is 1. The number of benzene rings is 3. The first kappa shape index (κ1) is 12.3. The number of phenols is 1. The number of nitrogens with two attached hydrogens (primary N) is 1. The van der Waals surface area contributed by atoms with Crippen molar-refractivity contribution in [2.75, 3.05) is 5.73 Å². The zero-order valence-electron chi connectivity index (χ0n) is 11.0. The van der Waals surface area contributed by atoms with Gasteiger partial charge >= 0.3 is 0 Å². The maximum Gasteiger partial charge on any atom is 0.123 e. The Morgan fingerprint density at radius 1 is 0.750 bits per heavy atom. The minimum Gasteiger partial charge on any atom is -0.507 e. The van der Waals surface area contributed by atoms with Crippen molar-refractivity contribution in [1.82, 2.24) is 0 Å². The van der Waals surface area contributed by atoms with Gasteiger partial charge in [-0.05, 0) is 34.7 Å². The van der Waals surface area contributed by atoms with Crippen molar-refractivity contribution >= 4 is 28.6 Å². The lowest BCUT2D eigenvalue weighted by Gasteiger charge is -2.04. The molecule has 0 atom stereocenters. The van der Waals surface area contributed by atoms with E-state index in [2.05, 4.69) is 0 Å². The normalized spacial score (nSPS) is 11.2. The first-order chi connectivity index (χ1) is 9.74. The predicted octanol–water partition coefficient (Wildman–Crippen LogP) is 4.30. The van der Waals surface area contributed by atoms with Gasteiger partial charge in [0.25, 0.3) is 0 Å². The maximum absolute atomic E-state index is 9.87. The number of nitrogen functional groups attached to an aromatic ring is 1. The van der Waals surface area contributed by atoms with E-state index in [9.17, 15) is 5.11 Å². The lowest BCUT2D eigenvalue weighted by Crippen LogP contribution is -1.83. The molecule has 0 unspecified atom stereocenters. The molecule has 0 heterocycles. The largest absolute Gasteiger partial charge is 0.507 e. The van der Waals surface area contributed by atoms with E-state index in [1.54, 1.807) is 6.07 Å². The van der Waals surface area contributed by atoms with Gasteiger partial charge in [0, 0.05) is 11.1 Å². The fraction of sp³-hybridized carbons (Fsp3) is 0. The van der Waals surface area contributed by atoms with Gasteiger partial charge in [-0.1, -0.05) is 54.6 Å². The summed E-state index contributed by atoms with van der Waals surface area (Å²) in [7, 11) is 0. The molecule has 0 saturated carbocycles. The molecule has 0 aliphatic carbocycles. The van der Waals surface area contributed by atoms with Crippen LogP contribution in [0.15, 0.2) is 60.7 Å². The lowest BCUT2D eigenvalue weighted by atomic mass is 10.0. The van der Waals surface area contributed by atoms with Gasteiger partial charge < -0.3 is 10.8 Å². The van der Waals surface area contributed by atoms with Gasteiger partial charge in [0.05, 0.1) is 0 Å². The SMILES string of the molecule is Nc1ccc(/C=C/c2ccc(O)c3ccccc23)cc1. The Hall–Kier alpha value is -2.74. The molecule has 0 saturated heterocycles. The van der Waals surface area contributed by atoms with Crippen molar-refractivity contribution in [3.8, 4) is 5.75 Å². The molecule has 0 radical (unpaired) electrons. The van der Waals surface area contributed by atoms with Gasteiger partial charge in [-0.15, -0.1) is 0 Å². The second-order valence-electron chi connectivity index (χ2n) is 4.72. The summed E-state index contributed by atoms with van der Waals surface area (Å²) in [5.74, 6) is 0.310. The van der Waals surface area contributed by atoms with Crippen molar-refractivity contribution in [2.24, 2.45) is 0 Å². The van der Waals surface area contributed by atoms with E-state index < -0.39 is 0 Å². The molecule has 3 N–H and O–H groups in total. The molecule has 3 aromatic rings. The second-order valence-corrected chi connectivity index (χ2v) is 4.72. The highest BCUT2D eigenvalue weighted by Crippen LogP contribution is 2.28. The molecule has 3 rings (SSSR count). The average molecular weight is 261 g/mol. The van der Waals surface area contributed by atoms with E-state index in [1.807, 2.05) is 66.7 Å². The molecule has 20 heavy (non-hydrogen) atoms. The van der Waals surface area contributed by atoms with E-state index >= 15 is 0 Å². The molecule has 3 aromatic carbocycles. The Labute approximate surface area is 117 Å². The standard InChI is InChI=1S/C18H15NO/c19-15-10-6-13(7-11-15)5-8-14-9-12-18(20)17-4-2-1-3-16(14)17/h1-12,20H,19H2/b8-5+. The Kier molecular flexibility index (Phi) is 3.13. The van der Waals surface area contributed by atoms with Crippen molar-refractivity contribution in [1.29, 1.82) is 0 Å². The van der Waals surface area contributed by atoms with Crippen molar-refractivity contribution in [2.45, 2.75) is 0 Å². The van der Waals surface area contributed by atoms with Crippen LogP contribution in [0.3, 0.4) is 0 Å². The van der Waals surface area contributed by atoms with E-state index in [4.69, 9.17) is 5.73 Å². The summed E-state index contributed by atoms with van der Waals surface area (Å²) in [4.78, 5) is 0. The number of rotatable bonds is 2. The van der Waals surface area contributed by atoms with E-state index in [0.717, 1.165) is 27.6 Å². The van der Waals surface area contributed by atoms with Crippen LogP contribution in [0.25, 0.3) is 22.9 Å². The minimum atomic E-state index is 0.310. The molecular weight excluding hydrogens is 246 g/mol. The van der Waals surface area contributed by atoms with E-state index in [1.165, 1.54) is 0 Å². The molecule has 2 nitrogen and oxygen atoms in total. The van der Waals surface area contributed by atoms with Crippen LogP contribution >= 0.6 is 0 Å². The fourth-order valence-corrected chi connectivity index (χ4v) is 2.24. The lowest BCUT2D eigenvalue weighted by molar-refractivity contribution is 0.481. The van der Waals surface area contributed by atoms with Crippen LogP contribution in [0.5, 0.6) is 5.75 Å². The number of hydrogen-bond acceptors (Lipinski definition) is 2. The van der Waals surface area contributed by atoms with Crippen molar-refractivity contribution in [3.63, 3.8) is 0 Å². The van der Waals surface area contributed by atoms with Crippen LogP contribution in [-0.4, -0.2) is 5.11 Å². The van der Waals surface area contributed by atoms with Gasteiger partial charge in [0.2, 0.25) is 0 Å². The highest BCUT2D eigenvalue weighted by Gasteiger charge is 2.01. The fourth-order valence-electron chi connectivity index (χ4n) is 2.24. The van der Waals surface area contributed by atoms with Gasteiger partial charge in [-0.3, -0.25) is 0 Å². The molecule has 0 aliphatic rings. The second kappa shape index (κ2) is 5.10. The summed E-state index contributed by atoms with van der Waals surface area (Å²) < 4.78 is 0. The summed E-state index contributed by atoms with van der Waals surface area (Å²) in [6, 6.07) is 19.2. The Balaban J connectivity index is 2.03. The van der Waals surface area contributed by atoms with Crippen LogP contribution in [0.1, 0.15) is 11.1 Å². The van der Waals surface area contributed by atoms with Gasteiger partial charge in [0.15, 0.2) is 0 Å².